The highest BCUT2D eigenvalue weighted by Gasteiger charge is 2.21. The van der Waals surface area contributed by atoms with E-state index in [1.807, 2.05) is 25.4 Å². The summed E-state index contributed by atoms with van der Waals surface area (Å²) in [6, 6.07) is 12.5. The summed E-state index contributed by atoms with van der Waals surface area (Å²) in [5, 5.41) is 0. The van der Waals surface area contributed by atoms with Crippen LogP contribution in [0.1, 0.15) is 35.2 Å². The van der Waals surface area contributed by atoms with E-state index in [0.29, 0.717) is 12.5 Å². The first-order chi connectivity index (χ1) is 13.2. The summed E-state index contributed by atoms with van der Waals surface area (Å²) in [6.07, 6.45) is 4.92. The van der Waals surface area contributed by atoms with Gasteiger partial charge in [0.1, 0.15) is 17.5 Å². The third-order valence-electron chi connectivity index (χ3n) is 4.96. The van der Waals surface area contributed by atoms with E-state index in [4.69, 9.17) is 4.74 Å². The number of nitrogens with zero attached hydrogens (tertiary/aromatic N) is 5. The average molecular weight is 363 g/mol. The molecule has 1 fully saturated rings. The van der Waals surface area contributed by atoms with Crippen molar-refractivity contribution in [2.24, 2.45) is 0 Å². The van der Waals surface area contributed by atoms with Crippen molar-refractivity contribution in [1.82, 2.24) is 19.5 Å². The Bertz CT molecular complexity index is 887. The molecule has 0 radical (unpaired) electrons. The number of hydrogen-bond donors (Lipinski definition) is 0. The van der Waals surface area contributed by atoms with Crippen LogP contribution in [0.25, 0.3) is 0 Å². The molecule has 3 heterocycles. The molecule has 2 aromatic heterocycles. The SMILES string of the molecule is Cc1nc([C@H]2CCOC2)cc(N(C)Cc2nccn2Cc2ccccc2)n1. The highest BCUT2D eigenvalue weighted by molar-refractivity contribution is 5.40. The molecule has 0 unspecified atom stereocenters. The lowest BCUT2D eigenvalue weighted by Gasteiger charge is -2.20. The second-order valence-electron chi connectivity index (χ2n) is 7.07. The van der Waals surface area contributed by atoms with Crippen LogP contribution in [0.5, 0.6) is 0 Å². The van der Waals surface area contributed by atoms with Crippen molar-refractivity contribution >= 4 is 5.82 Å². The smallest absolute Gasteiger partial charge is 0.132 e. The van der Waals surface area contributed by atoms with E-state index in [-0.39, 0.29) is 0 Å². The van der Waals surface area contributed by atoms with Crippen molar-refractivity contribution in [2.75, 3.05) is 25.2 Å². The lowest BCUT2D eigenvalue weighted by Crippen LogP contribution is -2.22. The molecule has 1 aliphatic heterocycles. The van der Waals surface area contributed by atoms with E-state index in [0.717, 1.165) is 49.3 Å². The molecule has 3 aromatic rings. The molecule has 4 rings (SSSR count). The summed E-state index contributed by atoms with van der Waals surface area (Å²) in [4.78, 5) is 16.0. The van der Waals surface area contributed by atoms with E-state index >= 15 is 0 Å². The van der Waals surface area contributed by atoms with E-state index < -0.39 is 0 Å². The van der Waals surface area contributed by atoms with Crippen molar-refractivity contribution in [1.29, 1.82) is 0 Å². The molecule has 1 saturated heterocycles. The highest BCUT2D eigenvalue weighted by Crippen LogP contribution is 2.26. The topological polar surface area (TPSA) is 56.1 Å². The molecule has 6 nitrogen and oxygen atoms in total. The Morgan fingerprint density at radius 1 is 1.22 bits per heavy atom. The van der Waals surface area contributed by atoms with Gasteiger partial charge in [-0.25, -0.2) is 15.0 Å². The van der Waals surface area contributed by atoms with Crippen LogP contribution in [0.4, 0.5) is 5.82 Å². The first kappa shape index (κ1) is 17.7. The first-order valence-electron chi connectivity index (χ1n) is 9.37. The van der Waals surface area contributed by atoms with Crippen LogP contribution in [0.2, 0.25) is 0 Å². The molecule has 27 heavy (non-hydrogen) atoms. The van der Waals surface area contributed by atoms with Crippen molar-refractivity contribution in [3.63, 3.8) is 0 Å². The molecule has 0 aliphatic carbocycles. The molecule has 1 atom stereocenters. The predicted octanol–water partition coefficient (Wildman–Crippen LogP) is 3.17. The second kappa shape index (κ2) is 7.88. The van der Waals surface area contributed by atoms with Crippen LogP contribution in [-0.4, -0.2) is 39.8 Å². The highest BCUT2D eigenvalue weighted by atomic mass is 16.5. The third kappa shape index (κ3) is 4.17. The zero-order valence-electron chi connectivity index (χ0n) is 15.9. The molecule has 0 spiro atoms. The fourth-order valence-corrected chi connectivity index (χ4v) is 3.46. The Labute approximate surface area is 159 Å². The number of aryl methyl sites for hydroxylation is 1. The molecule has 0 N–H and O–H groups in total. The Kier molecular flexibility index (Phi) is 5.16. The lowest BCUT2D eigenvalue weighted by molar-refractivity contribution is 0.193. The standard InChI is InChI=1S/C21H25N5O/c1-16-23-19(18-8-11-27-15-18)12-20(24-16)25(2)14-21-22-9-10-26(21)13-17-6-4-3-5-7-17/h3-7,9-10,12,18H,8,11,13-15H2,1-2H3/t18-/m0/s1. The largest absolute Gasteiger partial charge is 0.381 e. The average Bonchev–Trinajstić information content (AvgIpc) is 3.35. The van der Waals surface area contributed by atoms with E-state index in [1.165, 1.54) is 5.56 Å². The van der Waals surface area contributed by atoms with Gasteiger partial charge in [0.05, 0.1) is 18.8 Å². The van der Waals surface area contributed by atoms with Crippen LogP contribution < -0.4 is 4.90 Å². The third-order valence-corrected chi connectivity index (χ3v) is 4.96. The summed E-state index contributed by atoms with van der Waals surface area (Å²) in [5.74, 6) is 3.12. The minimum absolute atomic E-state index is 0.374. The van der Waals surface area contributed by atoms with Crippen LogP contribution >= 0.6 is 0 Å². The molecule has 0 amide bonds. The molecule has 140 valence electrons. The van der Waals surface area contributed by atoms with Gasteiger partial charge in [-0.3, -0.25) is 0 Å². The van der Waals surface area contributed by atoms with E-state index in [1.54, 1.807) is 0 Å². The summed E-state index contributed by atoms with van der Waals surface area (Å²) in [7, 11) is 2.05. The first-order valence-corrected chi connectivity index (χ1v) is 9.37. The van der Waals surface area contributed by atoms with Crippen molar-refractivity contribution in [2.45, 2.75) is 32.4 Å². The molecule has 6 heteroatoms. The van der Waals surface area contributed by atoms with Gasteiger partial charge in [0.15, 0.2) is 0 Å². The van der Waals surface area contributed by atoms with E-state index in [9.17, 15) is 0 Å². The number of imidazole rings is 1. The maximum Gasteiger partial charge on any atom is 0.132 e. The molecule has 0 saturated carbocycles. The van der Waals surface area contributed by atoms with Crippen molar-refractivity contribution in [3.05, 3.63) is 71.7 Å². The Hall–Kier alpha value is -2.73. The Morgan fingerprint density at radius 2 is 2.07 bits per heavy atom. The van der Waals surface area contributed by atoms with Crippen molar-refractivity contribution < 1.29 is 4.74 Å². The molecule has 1 aliphatic rings. The zero-order valence-corrected chi connectivity index (χ0v) is 15.9. The van der Waals surface area contributed by atoms with Gasteiger partial charge >= 0.3 is 0 Å². The van der Waals surface area contributed by atoms with Gasteiger partial charge in [-0.1, -0.05) is 30.3 Å². The number of hydrogen-bond acceptors (Lipinski definition) is 5. The Morgan fingerprint density at radius 3 is 2.85 bits per heavy atom. The van der Waals surface area contributed by atoms with E-state index in [2.05, 4.69) is 61.8 Å². The van der Waals surface area contributed by atoms with Crippen LogP contribution in [0, 0.1) is 6.92 Å². The van der Waals surface area contributed by atoms with Crippen LogP contribution in [0.15, 0.2) is 48.8 Å². The van der Waals surface area contributed by atoms with Gasteiger partial charge in [-0.15, -0.1) is 0 Å². The molecular weight excluding hydrogens is 338 g/mol. The summed E-state index contributed by atoms with van der Waals surface area (Å²) < 4.78 is 7.71. The van der Waals surface area contributed by atoms with Crippen LogP contribution in [-0.2, 0) is 17.8 Å². The van der Waals surface area contributed by atoms with Crippen LogP contribution in [0.3, 0.4) is 0 Å². The number of benzene rings is 1. The monoisotopic (exact) mass is 363 g/mol. The van der Waals surface area contributed by atoms with Gasteiger partial charge in [0, 0.05) is 44.6 Å². The fourth-order valence-electron chi connectivity index (χ4n) is 3.46. The maximum atomic E-state index is 5.52. The summed E-state index contributed by atoms with van der Waals surface area (Å²) in [6.45, 7) is 5.03. The zero-order chi connectivity index (χ0) is 18.6. The number of ether oxygens (including phenoxy) is 1. The number of rotatable bonds is 6. The van der Waals surface area contributed by atoms with Gasteiger partial charge < -0.3 is 14.2 Å². The normalized spacial score (nSPS) is 16.6. The number of aromatic nitrogens is 4. The quantitative estimate of drug-likeness (QED) is 0.673. The maximum absolute atomic E-state index is 5.52. The minimum atomic E-state index is 0.374. The summed E-state index contributed by atoms with van der Waals surface area (Å²) >= 11 is 0. The Balaban J connectivity index is 1.51. The summed E-state index contributed by atoms with van der Waals surface area (Å²) in [5.41, 5.74) is 2.34. The van der Waals surface area contributed by atoms with Gasteiger partial charge in [0.2, 0.25) is 0 Å². The second-order valence-corrected chi connectivity index (χ2v) is 7.07. The fraction of sp³-hybridized carbons (Fsp3) is 0.381. The molecule has 1 aromatic carbocycles. The van der Waals surface area contributed by atoms with Gasteiger partial charge in [0.25, 0.3) is 0 Å². The molecular formula is C21H25N5O. The van der Waals surface area contributed by atoms with Gasteiger partial charge in [-0.05, 0) is 18.9 Å². The van der Waals surface area contributed by atoms with Crippen molar-refractivity contribution in [3.8, 4) is 0 Å². The number of anilines is 1. The molecule has 0 bridgehead atoms. The minimum Gasteiger partial charge on any atom is -0.381 e. The lowest BCUT2D eigenvalue weighted by atomic mass is 10.0. The van der Waals surface area contributed by atoms with Gasteiger partial charge in [-0.2, -0.15) is 0 Å². The predicted molar refractivity (Wildman–Crippen MR) is 105 cm³/mol.